The molecular weight excluding hydrogens is 220 g/mol. The third-order valence-corrected chi connectivity index (χ3v) is 3.02. The van der Waals surface area contributed by atoms with E-state index in [-0.39, 0.29) is 18.1 Å². The standard InChI is InChI=1S/C12H24N2O3/c1-9(12(16)13-6-3-7-17-2)14-8-11(15)10-4-5-10/h9-11,14-15H,3-8H2,1-2H3,(H,13,16). The van der Waals surface area contributed by atoms with Crippen molar-refractivity contribution in [1.29, 1.82) is 0 Å². The number of ether oxygens (including phenoxy) is 1. The molecule has 1 aliphatic carbocycles. The van der Waals surface area contributed by atoms with Gasteiger partial charge in [-0.2, -0.15) is 0 Å². The van der Waals surface area contributed by atoms with E-state index in [2.05, 4.69) is 10.6 Å². The highest BCUT2D eigenvalue weighted by Gasteiger charge is 2.29. The Bertz CT molecular complexity index is 232. The first kappa shape index (κ1) is 14.4. The summed E-state index contributed by atoms with van der Waals surface area (Å²) < 4.78 is 4.90. The smallest absolute Gasteiger partial charge is 0.236 e. The number of amides is 1. The molecule has 1 amide bonds. The lowest BCUT2D eigenvalue weighted by Crippen LogP contribution is -2.45. The van der Waals surface area contributed by atoms with Crippen LogP contribution in [-0.4, -0.2) is 50.0 Å². The van der Waals surface area contributed by atoms with Gasteiger partial charge in [0.2, 0.25) is 5.91 Å². The minimum atomic E-state index is -0.307. The normalized spacial score (nSPS) is 18.8. The summed E-state index contributed by atoms with van der Waals surface area (Å²) >= 11 is 0. The van der Waals surface area contributed by atoms with Gasteiger partial charge in [0.05, 0.1) is 12.1 Å². The Kier molecular flexibility index (Phi) is 6.47. The van der Waals surface area contributed by atoms with Crippen LogP contribution in [0.1, 0.15) is 26.2 Å². The number of aliphatic hydroxyl groups is 1. The molecule has 100 valence electrons. The number of carbonyl (C=O) groups is 1. The van der Waals surface area contributed by atoms with Crippen LogP contribution >= 0.6 is 0 Å². The van der Waals surface area contributed by atoms with Gasteiger partial charge in [0.25, 0.3) is 0 Å². The molecule has 5 nitrogen and oxygen atoms in total. The largest absolute Gasteiger partial charge is 0.392 e. The summed E-state index contributed by atoms with van der Waals surface area (Å²) in [5.74, 6) is 0.420. The third-order valence-electron chi connectivity index (χ3n) is 3.02. The molecule has 0 bridgehead atoms. The first-order chi connectivity index (χ1) is 8.15. The number of rotatable bonds is 9. The van der Waals surface area contributed by atoms with E-state index >= 15 is 0 Å². The predicted octanol–water partition coefficient (Wildman–Crippen LogP) is -0.112. The minimum absolute atomic E-state index is 0.0240. The second-order valence-corrected chi connectivity index (χ2v) is 4.67. The maximum Gasteiger partial charge on any atom is 0.236 e. The van der Waals surface area contributed by atoms with Crippen LogP contribution in [0.5, 0.6) is 0 Å². The molecule has 0 saturated heterocycles. The number of nitrogens with one attached hydrogen (secondary N) is 2. The van der Waals surface area contributed by atoms with Gasteiger partial charge in [-0.1, -0.05) is 0 Å². The van der Waals surface area contributed by atoms with Gasteiger partial charge in [-0.05, 0) is 32.1 Å². The van der Waals surface area contributed by atoms with Gasteiger partial charge in [-0.3, -0.25) is 4.79 Å². The van der Waals surface area contributed by atoms with Gasteiger partial charge in [-0.15, -0.1) is 0 Å². The van der Waals surface area contributed by atoms with Gasteiger partial charge in [-0.25, -0.2) is 0 Å². The van der Waals surface area contributed by atoms with E-state index < -0.39 is 0 Å². The third kappa shape index (κ3) is 6.00. The van der Waals surface area contributed by atoms with E-state index in [9.17, 15) is 9.90 Å². The van der Waals surface area contributed by atoms with Crippen molar-refractivity contribution in [3.8, 4) is 0 Å². The number of hydrogen-bond acceptors (Lipinski definition) is 4. The van der Waals surface area contributed by atoms with Crippen molar-refractivity contribution in [3.05, 3.63) is 0 Å². The van der Waals surface area contributed by atoms with Crippen LogP contribution in [0.3, 0.4) is 0 Å². The predicted molar refractivity (Wildman–Crippen MR) is 65.7 cm³/mol. The molecule has 1 saturated carbocycles. The average Bonchev–Trinajstić information content (AvgIpc) is 3.14. The monoisotopic (exact) mass is 244 g/mol. The fourth-order valence-corrected chi connectivity index (χ4v) is 1.62. The molecule has 1 fully saturated rings. The Hall–Kier alpha value is -0.650. The lowest BCUT2D eigenvalue weighted by Gasteiger charge is -2.16. The number of hydrogen-bond donors (Lipinski definition) is 3. The van der Waals surface area contributed by atoms with E-state index in [0.717, 1.165) is 19.3 Å². The van der Waals surface area contributed by atoms with Gasteiger partial charge in [0.1, 0.15) is 0 Å². The highest BCUT2D eigenvalue weighted by atomic mass is 16.5. The van der Waals surface area contributed by atoms with Crippen LogP contribution in [0, 0.1) is 5.92 Å². The van der Waals surface area contributed by atoms with Crippen LogP contribution in [0.25, 0.3) is 0 Å². The summed E-state index contributed by atoms with van der Waals surface area (Å²) in [6.07, 6.45) is 2.74. The fourth-order valence-electron chi connectivity index (χ4n) is 1.62. The zero-order valence-electron chi connectivity index (χ0n) is 10.7. The van der Waals surface area contributed by atoms with Gasteiger partial charge in [0, 0.05) is 26.8 Å². The molecule has 0 radical (unpaired) electrons. The molecule has 5 heteroatoms. The molecule has 0 spiro atoms. The summed E-state index contributed by atoms with van der Waals surface area (Å²) in [6.45, 7) is 3.59. The quantitative estimate of drug-likeness (QED) is 0.495. The first-order valence-electron chi connectivity index (χ1n) is 6.33. The summed E-state index contributed by atoms with van der Waals surface area (Å²) in [4.78, 5) is 11.6. The highest BCUT2D eigenvalue weighted by Crippen LogP contribution is 2.32. The van der Waals surface area contributed by atoms with Crippen LogP contribution in [0.15, 0.2) is 0 Å². The highest BCUT2D eigenvalue weighted by molar-refractivity contribution is 5.81. The molecule has 1 rings (SSSR count). The van der Waals surface area contributed by atoms with E-state index in [1.54, 1.807) is 7.11 Å². The zero-order chi connectivity index (χ0) is 12.7. The maximum absolute atomic E-state index is 11.6. The van der Waals surface area contributed by atoms with Crippen LogP contribution < -0.4 is 10.6 Å². The summed E-state index contributed by atoms with van der Waals surface area (Å²) in [7, 11) is 1.64. The Labute approximate surface area is 103 Å². The summed E-state index contributed by atoms with van der Waals surface area (Å²) in [6, 6.07) is -0.258. The van der Waals surface area contributed by atoms with Crippen molar-refractivity contribution in [2.24, 2.45) is 5.92 Å². The fraction of sp³-hybridized carbons (Fsp3) is 0.917. The average molecular weight is 244 g/mol. The van der Waals surface area contributed by atoms with Crippen LogP contribution in [-0.2, 0) is 9.53 Å². The van der Waals surface area contributed by atoms with E-state index in [4.69, 9.17) is 4.74 Å². The number of aliphatic hydroxyl groups excluding tert-OH is 1. The van der Waals surface area contributed by atoms with Gasteiger partial charge < -0.3 is 20.5 Å². The molecule has 1 aliphatic rings. The van der Waals surface area contributed by atoms with E-state index in [1.165, 1.54) is 0 Å². The van der Waals surface area contributed by atoms with Gasteiger partial charge >= 0.3 is 0 Å². The second kappa shape index (κ2) is 7.63. The van der Waals surface area contributed by atoms with Crippen molar-refractivity contribution >= 4 is 5.91 Å². The lowest BCUT2D eigenvalue weighted by atomic mass is 10.2. The Morgan fingerprint density at radius 1 is 1.53 bits per heavy atom. The molecular formula is C12H24N2O3. The number of carbonyl (C=O) groups excluding carboxylic acids is 1. The molecule has 0 aliphatic heterocycles. The molecule has 0 heterocycles. The Balaban J connectivity index is 2.04. The molecule has 17 heavy (non-hydrogen) atoms. The van der Waals surface area contributed by atoms with Crippen molar-refractivity contribution < 1.29 is 14.6 Å². The lowest BCUT2D eigenvalue weighted by molar-refractivity contribution is -0.122. The Morgan fingerprint density at radius 3 is 2.82 bits per heavy atom. The Morgan fingerprint density at radius 2 is 2.24 bits per heavy atom. The molecule has 0 aromatic carbocycles. The molecule has 3 N–H and O–H groups in total. The molecule has 2 atom stereocenters. The maximum atomic E-state index is 11.6. The van der Waals surface area contributed by atoms with Crippen molar-refractivity contribution in [1.82, 2.24) is 10.6 Å². The minimum Gasteiger partial charge on any atom is -0.392 e. The van der Waals surface area contributed by atoms with Gasteiger partial charge in [0.15, 0.2) is 0 Å². The first-order valence-corrected chi connectivity index (χ1v) is 6.33. The van der Waals surface area contributed by atoms with E-state index in [1.807, 2.05) is 6.92 Å². The molecule has 0 aromatic rings. The van der Waals surface area contributed by atoms with Crippen molar-refractivity contribution in [3.63, 3.8) is 0 Å². The zero-order valence-corrected chi connectivity index (χ0v) is 10.7. The van der Waals surface area contributed by atoms with E-state index in [0.29, 0.717) is 25.6 Å². The second-order valence-electron chi connectivity index (χ2n) is 4.67. The van der Waals surface area contributed by atoms with Crippen LogP contribution in [0.2, 0.25) is 0 Å². The topological polar surface area (TPSA) is 70.6 Å². The summed E-state index contributed by atoms with van der Waals surface area (Å²) in [5.41, 5.74) is 0. The van der Waals surface area contributed by atoms with Crippen molar-refractivity contribution in [2.75, 3.05) is 26.8 Å². The molecule has 2 unspecified atom stereocenters. The molecule has 0 aromatic heterocycles. The number of methoxy groups -OCH3 is 1. The SMILES string of the molecule is COCCCNC(=O)C(C)NCC(O)C1CC1. The summed E-state index contributed by atoms with van der Waals surface area (Å²) in [5, 5.41) is 15.5. The van der Waals surface area contributed by atoms with Crippen molar-refractivity contribution in [2.45, 2.75) is 38.3 Å². The van der Waals surface area contributed by atoms with Crippen LogP contribution in [0.4, 0.5) is 0 Å².